The van der Waals surface area contributed by atoms with Crippen molar-refractivity contribution in [3.8, 4) is 11.9 Å². The molecule has 0 saturated carbocycles. The molecule has 1 atom stereocenters. The van der Waals surface area contributed by atoms with E-state index < -0.39 is 11.7 Å². The highest BCUT2D eigenvalue weighted by molar-refractivity contribution is 5.78. The van der Waals surface area contributed by atoms with Crippen LogP contribution in [-0.2, 0) is 17.5 Å². The van der Waals surface area contributed by atoms with Gasteiger partial charge in [-0.05, 0) is 25.1 Å². The Morgan fingerprint density at radius 2 is 2.06 bits per heavy atom. The second-order valence-corrected chi connectivity index (χ2v) is 7.75. The van der Waals surface area contributed by atoms with Crippen LogP contribution in [0.15, 0.2) is 24.3 Å². The summed E-state index contributed by atoms with van der Waals surface area (Å²) in [6.07, 6.45) is -4.10. The number of fused-ring (bicyclic) bond motifs is 1. The molecule has 1 aromatic carbocycles. The number of carbonyl (C=O) groups excluding carboxylic acids is 1. The Balaban J connectivity index is 1.39. The number of benzene rings is 1. The fourth-order valence-corrected chi connectivity index (χ4v) is 4.15. The lowest BCUT2D eigenvalue weighted by atomic mass is 9.94. The van der Waals surface area contributed by atoms with Crippen LogP contribution in [0.4, 0.5) is 18.9 Å². The highest BCUT2D eigenvalue weighted by atomic mass is 19.4. The normalized spacial score (nSPS) is 18.4. The first-order chi connectivity index (χ1) is 14.7. The van der Waals surface area contributed by atoms with E-state index in [2.05, 4.69) is 9.97 Å². The summed E-state index contributed by atoms with van der Waals surface area (Å²) in [5.41, 5.74) is 1.13. The van der Waals surface area contributed by atoms with Gasteiger partial charge in [0.25, 0.3) is 0 Å². The van der Waals surface area contributed by atoms with Gasteiger partial charge in [0.2, 0.25) is 17.6 Å². The van der Waals surface area contributed by atoms with Crippen molar-refractivity contribution < 1.29 is 22.7 Å². The van der Waals surface area contributed by atoms with E-state index in [0.29, 0.717) is 35.9 Å². The monoisotopic (exact) mass is 431 g/mol. The number of aromatic nitrogens is 2. The van der Waals surface area contributed by atoms with Crippen molar-refractivity contribution >= 4 is 11.6 Å². The highest BCUT2D eigenvalue weighted by Gasteiger charge is 2.38. The summed E-state index contributed by atoms with van der Waals surface area (Å²) in [6.45, 7) is 3.16. The first-order valence-electron chi connectivity index (χ1n) is 9.77. The molecule has 2 aliphatic heterocycles. The quantitative estimate of drug-likeness (QED) is 0.739. The Morgan fingerprint density at radius 1 is 1.32 bits per heavy atom. The number of amides is 1. The number of anilines is 1. The van der Waals surface area contributed by atoms with Crippen LogP contribution < -0.4 is 9.64 Å². The van der Waals surface area contributed by atoms with Gasteiger partial charge >= 0.3 is 6.18 Å². The van der Waals surface area contributed by atoms with Crippen LogP contribution in [0.1, 0.15) is 42.0 Å². The van der Waals surface area contributed by atoms with Crippen LogP contribution in [0.3, 0.4) is 0 Å². The number of methoxy groups -OCH3 is 1. The first-order valence-corrected chi connectivity index (χ1v) is 9.77. The molecule has 1 aromatic heterocycles. The molecule has 3 heterocycles. The molecule has 0 spiro atoms. The van der Waals surface area contributed by atoms with E-state index in [0.717, 1.165) is 12.1 Å². The summed E-state index contributed by atoms with van der Waals surface area (Å²) in [7, 11) is 1.46. The molecule has 0 radical (unpaired) electrons. The zero-order valence-corrected chi connectivity index (χ0v) is 17.0. The van der Waals surface area contributed by atoms with Gasteiger partial charge in [0.05, 0.1) is 36.5 Å². The number of hydrogen-bond acceptors (Lipinski definition) is 6. The van der Waals surface area contributed by atoms with E-state index >= 15 is 0 Å². The Morgan fingerprint density at radius 3 is 2.71 bits per heavy atom. The van der Waals surface area contributed by atoms with E-state index in [1.807, 2.05) is 17.9 Å². The summed E-state index contributed by atoms with van der Waals surface area (Å²) in [5, 5.41) is 9.09. The molecule has 10 heteroatoms. The molecule has 0 N–H and O–H groups in total. The smallest absolute Gasteiger partial charge is 0.416 e. The minimum Gasteiger partial charge on any atom is -0.481 e. The van der Waals surface area contributed by atoms with Crippen LogP contribution in [-0.4, -0.2) is 41.0 Å². The van der Waals surface area contributed by atoms with E-state index in [9.17, 15) is 18.0 Å². The molecule has 162 valence electrons. The third kappa shape index (κ3) is 3.87. The molecule has 1 saturated heterocycles. The van der Waals surface area contributed by atoms with Gasteiger partial charge in [0.1, 0.15) is 6.07 Å². The summed E-state index contributed by atoms with van der Waals surface area (Å²) in [6, 6.07) is 6.82. The number of nitriles is 1. The second-order valence-electron chi connectivity index (χ2n) is 7.75. The molecule has 2 aromatic rings. The fourth-order valence-electron chi connectivity index (χ4n) is 4.15. The average Bonchev–Trinajstić information content (AvgIpc) is 3.05. The van der Waals surface area contributed by atoms with Crippen molar-refractivity contribution in [3.05, 3.63) is 46.9 Å². The standard InChI is InChI=1S/C21H20F3N5O2/c1-12-19-16(26-17(8-25)27-20(19)31-2)11-29(12)18(30)6-13-9-28(10-13)15-5-3-4-14(7-15)21(22,23)24/h3-5,7,12-13H,6,9-11H2,1-2H3. The van der Waals surface area contributed by atoms with Gasteiger partial charge in [-0.2, -0.15) is 23.4 Å². The van der Waals surface area contributed by atoms with Crippen LogP contribution in [0.25, 0.3) is 0 Å². The van der Waals surface area contributed by atoms with Crippen LogP contribution in [0.2, 0.25) is 0 Å². The van der Waals surface area contributed by atoms with E-state index in [-0.39, 0.29) is 36.7 Å². The summed E-state index contributed by atoms with van der Waals surface area (Å²) < 4.78 is 44.0. The number of ether oxygens (including phenoxy) is 1. The molecule has 2 aliphatic rings. The van der Waals surface area contributed by atoms with Crippen LogP contribution in [0, 0.1) is 17.2 Å². The predicted molar refractivity (Wildman–Crippen MR) is 104 cm³/mol. The van der Waals surface area contributed by atoms with Crippen molar-refractivity contribution in [2.24, 2.45) is 5.92 Å². The van der Waals surface area contributed by atoms with Gasteiger partial charge in [-0.15, -0.1) is 0 Å². The number of hydrogen-bond donors (Lipinski definition) is 0. The number of carbonyl (C=O) groups is 1. The Hall–Kier alpha value is -3.35. The molecule has 0 bridgehead atoms. The minimum atomic E-state index is -4.38. The zero-order chi connectivity index (χ0) is 22.3. The molecule has 4 rings (SSSR count). The van der Waals surface area contributed by atoms with E-state index in [1.54, 1.807) is 11.0 Å². The predicted octanol–water partition coefficient (Wildman–Crippen LogP) is 3.31. The molecule has 1 fully saturated rings. The number of halogens is 3. The zero-order valence-electron chi connectivity index (χ0n) is 17.0. The third-order valence-corrected chi connectivity index (χ3v) is 5.77. The van der Waals surface area contributed by atoms with Crippen LogP contribution in [0.5, 0.6) is 5.88 Å². The number of rotatable bonds is 4. The lowest BCUT2D eigenvalue weighted by Gasteiger charge is -2.41. The number of nitrogens with zero attached hydrogens (tertiary/aromatic N) is 5. The Bertz CT molecular complexity index is 1060. The SMILES string of the molecule is COc1nc(C#N)nc2c1C(C)N(C(=O)CC1CN(c3cccc(C(F)(F)F)c3)C1)C2. The molecule has 31 heavy (non-hydrogen) atoms. The maximum Gasteiger partial charge on any atom is 0.416 e. The molecular weight excluding hydrogens is 411 g/mol. The fraction of sp³-hybridized carbons (Fsp3) is 0.429. The third-order valence-electron chi connectivity index (χ3n) is 5.77. The summed E-state index contributed by atoms with van der Waals surface area (Å²) in [4.78, 5) is 24.7. The molecule has 1 unspecified atom stereocenters. The first kappa shape index (κ1) is 20.9. The maximum absolute atomic E-state index is 12.9. The van der Waals surface area contributed by atoms with Crippen molar-refractivity contribution in [1.82, 2.24) is 14.9 Å². The average molecular weight is 431 g/mol. The second kappa shape index (κ2) is 7.72. The summed E-state index contributed by atoms with van der Waals surface area (Å²) >= 11 is 0. The van der Waals surface area contributed by atoms with Crippen molar-refractivity contribution in [2.45, 2.75) is 32.1 Å². The van der Waals surface area contributed by atoms with Gasteiger partial charge < -0.3 is 14.5 Å². The maximum atomic E-state index is 12.9. The molecule has 0 aliphatic carbocycles. The molecule has 7 nitrogen and oxygen atoms in total. The molecular formula is C21H20F3N5O2. The van der Waals surface area contributed by atoms with Gasteiger partial charge in [-0.1, -0.05) is 6.07 Å². The van der Waals surface area contributed by atoms with Gasteiger partial charge in [-0.3, -0.25) is 4.79 Å². The minimum absolute atomic E-state index is 0.00665. The number of alkyl halides is 3. The summed E-state index contributed by atoms with van der Waals surface area (Å²) in [5.74, 6) is 0.275. The lowest BCUT2D eigenvalue weighted by molar-refractivity contribution is -0.137. The van der Waals surface area contributed by atoms with Crippen molar-refractivity contribution in [3.63, 3.8) is 0 Å². The molecule has 1 amide bonds. The lowest BCUT2D eigenvalue weighted by Crippen LogP contribution is -2.48. The largest absolute Gasteiger partial charge is 0.481 e. The van der Waals surface area contributed by atoms with E-state index in [1.165, 1.54) is 13.2 Å². The van der Waals surface area contributed by atoms with Crippen molar-refractivity contribution in [2.75, 3.05) is 25.1 Å². The Kier molecular flexibility index (Phi) is 5.21. The topological polar surface area (TPSA) is 82.3 Å². The van der Waals surface area contributed by atoms with Crippen molar-refractivity contribution in [1.29, 1.82) is 5.26 Å². The Labute approximate surface area is 177 Å². The van der Waals surface area contributed by atoms with Crippen LogP contribution >= 0.6 is 0 Å². The van der Waals surface area contributed by atoms with E-state index in [4.69, 9.17) is 10.00 Å². The van der Waals surface area contributed by atoms with Gasteiger partial charge in [0, 0.05) is 31.1 Å². The highest BCUT2D eigenvalue weighted by Crippen LogP contribution is 2.39. The van der Waals surface area contributed by atoms with Gasteiger partial charge in [0.15, 0.2) is 0 Å². The van der Waals surface area contributed by atoms with Gasteiger partial charge in [-0.25, -0.2) is 4.98 Å².